The van der Waals surface area contributed by atoms with E-state index in [4.69, 9.17) is 4.98 Å². The van der Waals surface area contributed by atoms with Gasteiger partial charge in [-0.15, -0.1) is 11.3 Å². The highest BCUT2D eigenvalue weighted by molar-refractivity contribution is 7.14. The predicted molar refractivity (Wildman–Crippen MR) is 91.0 cm³/mol. The Kier molecular flexibility index (Phi) is 4.74. The Balaban J connectivity index is 1.72. The third kappa shape index (κ3) is 3.47. The Morgan fingerprint density at radius 1 is 1.18 bits per heavy atom. The van der Waals surface area contributed by atoms with Crippen LogP contribution in [0.15, 0.2) is 29.6 Å². The summed E-state index contributed by atoms with van der Waals surface area (Å²) in [4.78, 5) is 9.47. The van der Waals surface area contributed by atoms with Crippen molar-refractivity contribution in [2.24, 2.45) is 0 Å². The minimum Gasteiger partial charge on any atom is -0.348 e. The molecule has 118 valence electrons. The molecule has 0 amide bonds. The van der Waals surface area contributed by atoms with Crippen molar-refractivity contribution in [3.63, 3.8) is 0 Å². The Labute approximate surface area is 135 Å². The van der Waals surface area contributed by atoms with Crippen molar-refractivity contribution in [1.29, 1.82) is 0 Å². The molecule has 3 rings (SSSR count). The van der Waals surface area contributed by atoms with Crippen molar-refractivity contribution in [2.45, 2.75) is 25.3 Å². The van der Waals surface area contributed by atoms with Gasteiger partial charge < -0.3 is 9.80 Å². The molecular weight excluding hydrogens is 297 g/mol. The van der Waals surface area contributed by atoms with Crippen molar-refractivity contribution < 1.29 is 4.39 Å². The Morgan fingerprint density at radius 3 is 2.68 bits per heavy atom. The molecule has 1 atom stereocenters. The number of hydrogen-bond acceptors (Lipinski definition) is 4. The maximum atomic E-state index is 13.0. The second-order valence-electron chi connectivity index (χ2n) is 6.06. The molecule has 0 radical (unpaired) electrons. The number of halogens is 1. The van der Waals surface area contributed by atoms with Crippen molar-refractivity contribution >= 4 is 16.5 Å². The van der Waals surface area contributed by atoms with Crippen LogP contribution in [0, 0.1) is 5.82 Å². The SMILES string of the molecule is CN(C)C1CCCN(c2nc(-c3ccc(F)cc3)cs2)CC1. The predicted octanol–water partition coefficient (Wildman–Crippen LogP) is 3.87. The standard InChI is InChI=1S/C17H22FN3S/c1-20(2)15-4-3-10-21(11-9-15)17-19-16(12-22-17)13-5-7-14(18)8-6-13/h5-8,12,15H,3-4,9-11H2,1-2H3. The average molecular weight is 319 g/mol. The Bertz CT molecular complexity index is 609. The highest BCUT2D eigenvalue weighted by atomic mass is 32.1. The fraction of sp³-hybridized carbons (Fsp3) is 0.471. The van der Waals surface area contributed by atoms with E-state index in [1.807, 2.05) is 0 Å². The van der Waals surface area contributed by atoms with Gasteiger partial charge in [-0.1, -0.05) is 0 Å². The van der Waals surface area contributed by atoms with Crippen LogP contribution in [0.5, 0.6) is 0 Å². The van der Waals surface area contributed by atoms with Crippen molar-refractivity contribution in [2.75, 3.05) is 32.1 Å². The van der Waals surface area contributed by atoms with E-state index >= 15 is 0 Å². The number of hydrogen-bond donors (Lipinski definition) is 0. The maximum absolute atomic E-state index is 13.0. The van der Waals surface area contributed by atoms with Crippen LogP contribution in [0.4, 0.5) is 9.52 Å². The highest BCUT2D eigenvalue weighted by Gasteiger charge is 2.20. The molecule has 1 fully saturated rings. The summed E-state index contributed by atoms with van der Waals surface area (Å²) in [5.41, 5.74) is 1.92. The molecule has 3 nitrogen and oxygen atoms in total. The normalized spacial score (nSPS) is 19.5. The van der Waals surface area contributed by atoms with Gasteiger partial charge >= 0.3 is 0 Å². The minimum absolute atomic E-state index is 0.207. The summed E-state index contributed by atoms with van der Waals surface area (Å²) >= 11 is 1.68. The van der Waals surface area contributed by atoms with Gasteiger partial charge in [-0.05, 0) is 57.6 Å². The molecule has 1 aliphatic heterocycles. The van der Waals surface area contributed by atoms with Gasteiger partial charge in [0.2, 0.25) is 0 Å². The molecular formula is C17H22FN3S. The number of thiazole rings is 1. The lowest BCUT2D eigenvalue weighted by molar-refractivity contribution is 0.272. The minimum atomic E-state index is -0.207. The summed E-state index contributed by atoms with van der Waals surface area (Å²) in [6.07, 6.45) is 3.63. The summed E-state index contributed by atoms with van der Waals surface area (Å²) in [7, 11) is 4.33. The number of rotatable bonds is 3. The van der Waals surface area contributed by atoms with Gasteiger partial charge in [0.15, 0.2) is 5.13 Å². The van der Waals surface area contributed by atoms with Crippen LogP contribution in [0.1, 0.15) is 19.3 Å². The van der Waals surface area contributed by atoms with E-state index in [0.717, 1.165) is 29.5 Å². The number of nitrogens with zero attached hydrogens (tertiary/aromatic N) is 3. The zero-order chi connectivity index (χ0) is 15.5. The molecule has 1 aromatic heterocycles. The van der Waals surface area contributed by atoms with Crippen LogP contribution in [0.2, 0.25) is 0 Å². The van der Waals surface area contributed by atoms with Gasteiger partial charge in [0.25, 0.3) is 0 Å². The number of anilines is 1. The zero-order valence-electron chi connectivity index (χ0n) is 13.1. The summed E-state index contributed by atoms with van der Waals surface area (Å²) in [5, 5.41) is 3.15. The van der Waals surface area contributed by atoms with Gasteiger partial charge in [-0.3, -0.25) is 0 Å². The fourth-order valence-electron chi connectivity index (χ4n) is 2.95. The molecule has 0 saturated carbocycles. The van der Waals surface area contributed by atoms with E-state index in [1.54, 1.807) is 23.5 Å². The van der Waals surface area contributed by atoms with Crippen molar-refractivity contribution in [3.05, 3.63) is 35.5 Å². The fourth-order valence-corrected chi connectivity index (χ4v) is 3.84. The zero-order valence-corrected chi connectivity index (χ0v) is 13.9. The lowest BCUT2D eigenvalue weighted by Gasteiger charge is -2.23. The van der Waals surface area contributed by atoms with Crippen LogP contribution >= 0.6 is 11.3 Å². The molecule has 2 aromatic rings. The third-order valence-electron chi connectivity index (χ3n) is 4.33. The van der Waals surface area contributed by atoms with E-state index in [1.165, 1.54) is 31.4 Å². The quantitative estimate of drug-likeness (QED) is 0.856. The molecule has 0 spiro atoms. The van der Waals surface area contributed by atoms with Gasteiger partial charge in [0, 0.05) is 30.1 Å². The first-order valence-electron chi connectivity index (χ1n) is 7.76. The smallest absolute Gasteiger partial charge is 0.185 e. The second-order valence-corrected chi connectivity index (χ2v) is 6.89. The Morgan fingerprint density at radius 2 is 1.95 bits per heavy atom. The summed E-state index contributed by atoms with van der Waals surface area (Å²) in [6.45, 7) is 2.12. The topological polar surface area (TPSA) is 19.4 Å². The van der Waals surface area contributed by atoms with Crippen molar-refractivity contribution in [1.82, 2.24) is 9.88 Å². The Hall–Kier alpha value is -1.46. The second kappa shape index (κ2) is 6.75. The van der Waals surface area contributed by atoms with Crippen LogP contribution in [-0.2, 0) is 0 Å². The number of benzene rings is 1. The molecule has 5 heteroatoms. The van der Waals surface area contributed by atoms with Gasteiger partial charge in [0.05, 0.1) is 5.69 Å². The van der Waals surface area contributed by atoms with Crippen LogP contribution < -0.4 is 4.90 Å². The largest absolute Gasteiger partial charge is 0.348 e. The van der Waals surface area contributed by atoms with E-state index in [2.05, 4.69) is 29.3 Å². The molecule has 1 unspecified atom stereocenters. The molecule has 0 aliphatic carbocycles. The first kappa shape index (κ1) is 15.4. The van der Waals surface area contributed by atoms with E-state index in [-0.39, 0.29) is 5.82 Å². The third-order valence-corrected chi connectivity index (χ3v) is 5.23. The molecule has 0 N–H and O–H groups in total. The van der Waals surface area contributed by atoms with E-state index in [9.17, 15) is 4.39 Å². The highest BCUT2D eigenvalue weighted by Crippen LogP contribution is 2.29. The summed E-state index contributed by atoms with van der Waals surface area (Å²) in [6, 6.07) is 7.22. The first-order valence-corrected chi connectivity index (χ1v) is 8.64. The van der Waals surface area contributed by atoms with Crippen LogP contribution in [0.3, 0.4) is 0 Å². The first-order chi connectivity index (χ1) is 10.6. The lowest BCUT2D eigenvalue weighted by atomic mass is 10.1. The number of aromatic nitrogens is 1. The molecule has 22 heavy (non-hydrogen) atoms. The molecule has 2 heterocycles. The van der Waals surface area contributed by atoms with E-state index < -0.39 is 0 Å². The van der Waals surface area contributed by atoms with E-state index in [0.29, 0.717) is 6.04 Å². The average Bonchev–Trinajstić information content (AvgIpc) is 2.85. The van der Waals surface area contributed by atoms with Gasteiger partial charge in [-0.25, -0.2) is 9.37 Å². The lowest BCUT2D eigenvalue weighted by Crippen LogP contribution is -2.30. The molecule has 1 saturated heterocycles. The maximum Gasteiger partial charge on any atom is 0.185 e. The van der Waals surface area contributed by atoms with Crippen LogP contribution in [0.25, 0.3) is 11.3 Å². The summed E-state index contributed by atoms with van der Waals surface area (Å²) in [5.74, 6) is -0.207. The molecule has 1 aliphatic rings. The van der Waals surface area contributed by atoms with Gasteiger partial charge in [0.1, 0.15) is 5.82 Å². The molecule has 0 bridgehead atoms. The molecule has 1 aromatic carbocycles. The van der Waals surface area contributed by atoms with Gasteiger partial charge in [-0.2, -0.15) is 0 Å². The van der Waals surface area contributed by atoms with Crippen molar-refractivity contribution in [3.8, 4) is 11.3 Å². The summed E-state index contributed by atoms with van der Waals surface area (Å²) < 4.78 is 13.0. The monoisotopic (exact) mass is 319 g/mol. The van der Waals surface area contributed by atoms with Crippen LogP contribution in [-0.4, -0.2) is 43.1 Å².